The van der Waals surface area contributed by atoms with Gasteiger partial charge in [-0.05, 0) is 37.0 Å². The smallest absolute Gasteiger partial charge is 0.317 e. The lowest BCUT2D eigenvalue weighted by molar-refractivity contribution is -0.0924. The molecule has 2 aliphatic carbocycles. The van der Waals surface area contributed by atoms with E-state index in [9.17, 15) is 9.90 Å². The number of nitrogens with zero attached hydrogens (tertiary/aromatic N) is 1. The van der Waals surface area contributed by atoms with Gasteiger partial charge < -0.3 is 15.3 Å². The SMILES string of the molecule is CC1CCCC(NC(=O)N2CC(O)(C3CC3)C2)C1C. The summed E-state index contributed by atoms with van der Waals surface area (Å²) in [5.41, 5.74) is -0.567. The Balaban J connectivity index is 1.49. The fraction of sp³-hybridized carbons (Fsp3) is 0.933. The maximum Gasteiger partial charge on any atom is 0.317 e. The van der Waals surface area contributed by atoms with Crippen molar-refractivity contribution in [3.8, 4) is 0 Å². The maximum atomic E-state index is 12.2. The van der Waals surface area contributed by atoms with E-state index in [4.69, 9.17) is 0 Å². The topological polar surface area (TPSA) is 52.6 Å². The van der Waals surface area contributed by atoms with Crippen LogP contribution in [-0.2, 0) is 0 Å². The number of hydrogen-bond acceptors (Lipinski definition) is 2. The van der Waals surface area contributed by atoms with Crippen LogP contribution in [0.3, 0.4) is 0 Å². The van der Waals surface area contributed by atoms with Crippen LogP contribution in [0.2, 0.25) is 0 Å². The number of carbonyl (C=O) groups excluding carboxylic acids is 1. The third-order valence-corrected chi connectivity index (χ3v) is 5.57. The lowest BCUT2D eigenvalue weighted by Gasteiger charge is -2.47. The van der Waals surface area contributed by atoms with Crippen molar-refractivity contribution in [2.45, 2.75) is 57.6 Å². The molecule has 0 aromatic rings. The van der Waals surface area contributed by atoms with Crippen molar-refractivity contribution in [1.82, 2.24) is 10.2 Å². The van der Waals surface area contributed by atoms with E-state index in [-0.39, 0.29) is 6.03 Å². The van der Waals surface area contributed by atoms with E-state index in [2.05, 4.69) is 19.2 Å². The number of hydrogen-bond donors (Lipinski definition) is 2. The van der Waals surface area contributed by atoms with Gasteiger partial charge >= 0.3 is 6.03 Å². The molecule has 4 heteroatoms. The van der Waals surface area contributed by atoms with Crippen LogP contribution in [-0.4, -0.2) is 40.8 Å². The molecule has 0 bridgehead atoms. The Labute approximate surface area is 115 Å². The second kappa shape index (κ2) is 4.65. The zero-order chi connectivity index (χ0) is 13.6. The van der Waals surface area contributed by atoms with Gasteiger partial charge in [-0.15, -0.1) is 0 Å². The highest BCUT2D eigenvalue weighted by Crippen LogP contribution is 2.44. The summed E-state index contributed by atoms with van der Waals surface area (Å²) in [4.78, 5) is 13.9. The predicted molar refractivity (Wildman–Crippen MR) is 73.7 cm³/mol. The maximum absolute atomic E-state index is 12.2. The average molecular weight is 266 g/mol. The van der Waals surface area contributed by atoms with Gasteiger partial charge in [0.2, 0.25) is 0 Å². The second-order valence-corrected chi connectivity index (χ2v) is 7.06. The monoisotopic (exact) mass is 266 g/mol. The second-order valence-electron chi connectivity index (χ2n) is 7.06. The highest BCUT2D eigenvalue weighted by atomic mass is 16.3. The van der Waals surface area contributed by atoms with Gasteiger partial charge in [0.25, 0.3) is 0 Å². The van der Waals surface area contributed by atoms with Crippen molar-refractivity contribution >= 4 is 6.03 Å². The molecule has 4 nitrogen and oxygen atoms in total. The first-order valence-corrected chi connectivity index (χ1v) is 7.77. The van der Waals surface area contributed by atoms with E-state index in [1.54, 1.807) is 4.90 Å². The van der Waals surface area contributed by atoms with Gasteiger partial charge in [0, 0.05) is 6.04 Å². The first-order valence-electron chi connectivity index (χ1n) is 7.77. The van der Waals surface area contributed by atoms with Crippen LogP contribution >= 0.6 is 0 Å². The molecule has 3 unspecified atom stereocenters. The summed E-state index contributed by atoms with van der Waals surface area (Å²) in [6.45, 7) is 5.57. The first kappa shape index (κ1) is 13.2. The van der Waals surface area contributed by atoms with E-state index in [1.165, 1.54) is 12.8 Å². The van der Waals surface area contributed by atoms with E-state index in [1.807, 2.05) is 0 Å². The summed E-state index contributed by atoms with van der Waals surface area (Å²) < 4.78 is 0. The zero-order valence-electron chi connectivity index (χ0n) is 12.1. The number of β-amino-alcohol motifs (C(OH)–C–C–N with tert-alkyl or cyclic N) is 1. The summed E-state index contributed by atoms with van der Waals surface area (Å²) >= 11 is 0. The Bertz CT molecular complexity index is 361. The zero-order valence-corrected chi connectivity index (χ0v) is 12.1. The quantitative estimate of drug-likeness (QED) is 0.803. The van der Waals surface area contributed by atoms with Crippen molar-refractivity contribution in [2.24, 2.45) is 17.8 Å². The molecule has 0 aromatic heterocycles. The van der Waals surface area contributed by atoms with Crippen LogP contribution in [0.25, 0.3) is 0 Å². The molecule has 1 heterocycles. The first-order chi connectivity index (χ1) is 8.99. The molecule has 108 valence electrons. The number of aliphatic hydroxyl groups is 1. The molecule has 2 amide bonds. The fourth-order valence-corrected chi connectivity index (χ4v) is 3.67. The molecule has 19 heavy (non-hydrogen) atoms. The van der Waals surface area contributed by atoms with Crippen LogP contribution in [0.5, 0.6) is 0 Å². The van der Waals surface area contributed by atoms with Gasteiger partial charge in [0.1, 0.15) is 5.60 Å². The van der Waals surface area contributed by atoms with Crippen LogP contribution in [0, 0.1) is 17.8 Å². The molecule has 0 spiro atoms. The molecule has 2 saturated carbocycles. The molecule has 2 N–H and O–H groups in total. The number of rotatable bonds is 2. The summed E-state index contributed by atoms with van der Waals surface area (Å²) in [7, 11) is 0. The van der Waals surface area contributed by atoms with E-state index in [0.29, 0.717) is 36.9 Å². The Morgan fingerprint density at radius 1 is 1.21 bits per heavy atom. The highest BCUT2D eigenvalue weighted by molar-refractivity contribution is 5.76. The van der Waals surface area contributed by atoms with Gasteiger partial charge in [-0.1, -0.05) is 26.7 Å². The Morgan fingerprint density at radius 3 is 2.53 bits per heavy atom. The summed E-state index contributed by atoms with van der Waals surface area (Å²) in [5, 5.41) is 13.4. The molecule has 3 atom stereocenters. The van der Waals surface area contributed by atoms with Gasteiger partial charge in [-0.25, -0.2) is 4.79 Å². The van der Waals surface area contributed by atoms with Gasteiger partial charge in [-0.3, -0.25) is 0 Å². The lowest BCUT2D eigenvalue weighted by atomic mass is 9.78. The minimum Gasteiger partial charge on any atom is -0.386 e. The predicted octanol–water partition coefficient (Wildman–Crippen LogP) is 1.98. The number of carbonyl (C=O) groups is 1. The van der Waals surface area contributed by atoms with Crippen LogP contribution in [0.15, 0.2) is 0 Å². The third kappa shape index (κ3) is 2.47. The normalized spacial score (nSPS) is 37.6. The van der Waals surface area contributed by atoms with Crippen LogP contribution in [0.1, 0.15) is 46.0 Å². The van der Waals surface area contributed by atoms with Crippen molar-refractivity contribution in [2.75, 3.05) is 13.1 Å². The minimum absolute atomic E-state index is 0.0243. The third-order valence-electron chi connectivity index (χ3n) is 5.57. The van der Waals surface area contributed by atoms with Gasteiger partial charge in [-0.2, -0.15) is 0 Å². The molecule has 0 aromatic carbocycles. The number of likely N-dealkylation sites (tertiary alicyclic amines) is 1. The lowest BCUT2D eigenvalue weighted by Crippen LogP contribution is -2.67. The molecule has 0 radical (unpaired) electrons. The van der Waals surface area contributed by atoms with Gasteiger partial charge in [0.15, 0.2) is 0 Å². The molecule has 1 aliphatic heterocycles. The molecular formula is C15H26N2O2. The Hall–Kier alpha value is -0.770. The number of amides is 2. The Kier molecular flexibility index (Phi) is 3.24. The van der Waals surface area contributed by atoms with E-state index in [0.717, 1.165) is 19.3 Å². The molecule has 1 saturated heterocycles. The molecule has 3 aliphatic rings. The van der Waals surface area contributed by atoms with Crippen molar-refractivity contribution in [1.29, 1.82) is 0 Å². The number of nitrogens with one attached hydrogen (secondary N) is 1. The fourth-order valence-electron chi connectivity index (χ4n) is 3.67. The average Bonchev–Trinajstić information content (AvgIpc) is 3.15. The number of urea groups is 1. The Morgan fingerprint density at radius 2 is 1.89 bits per heavy atom. The van der Waals surface area contributed by atoms with Crippen molar-refractivity contribution in [3.63, 3.8) is 0 Å². The van der Waals surface area contributed by atoms with Crippen molar-refractivity contribution < 1.29 is 9.90 Å². The van der Waals surface area contributed by atoms with Crippen LogP contribution in [0.4, 0.5) is 4.79 Å². The summed E-state index contributed by atoms with van der Waals surface area (Å²) in [6.07, 6.45) is 5.84. The highest BCUT2D eigenvalue weighted by Gasteiger charge is 2.53. The molecule has 3 fully saturated rings. The van der Waals surface area contributed by atoms with Crippen LogP contribution < -0.4 is 5.32 Å². The largest absolute Gasteiger partial charge is 0.386 e. The molecular weight excluding hydrogens is 240 g/mol. The van der Waals surface area contributed by atoms with E-state index >= 15 is 0 Å². The summed E-state index contributed by atoms with van der Waals surface area (Å²) in [5.74, 6) is 1.70. The van der Waals surface area contributed by atoms with E-state index < -0.39 is 5.60 Å². The molecule has 3 rings (SSSR count). The minimum atomic E-state index is -0.567. The van der Waals surface area contributed by atoms with Gasteiger partial charge in [0.05, 0.1) is 13.1 Å². The summed E-state index contributed by atoms with van der Waals surface area (Å²) in [6, 6.07) is 0.335. The standard InChI is InChI=1S/C15H26N2O2/c1-10-4-3-5-13(11(10)2)16-14(18)17-8-15(19,9-17)12-6-7-12/h10-13,19H,3-9H2,1-2H3,(H,16,18). The van der Waals surface area contributed by atoms with Crippen molar-refractivity contribution in [3.05, 3.63) is 0 Å².